The molecule has 4 nitrogen and oxygen atoms in total. The van der Waals surface area contributed by atoms with E-state index in [0.717, 1.165) is 6.42 Å². The Morgan fingerprint density at radius 2 is 2.11 bits per heavy atom. The van der Waals surface area contributed by atoms with Crippen LogP contribution in [0.4, 0.5) is 0 Å². The number of Topliss-reactive ketones (excluding diaryl/α,β-unsaturated/α-hetero) is 1. The normalized spacial score (nSPS) is 16.1. The first-order valence-corrected chi connectivity index (χ1v) is 6.45. The van der Waals surface area contributed by atoms with Crippen molar-refractivity contribution in [2.45, 2.75) is 45.4 Å². The summed E-state index contributed by atoms with van der Waals surface area (Å²) in [4.78, 5) is 23.5. The molecule has 0 radical (unpaired) electrons. The van der Waals surface area contributed by atoms with Crippen LogP contribution in [0.25, 0.3) is 0 Å². The summed E-state index contributed by atoms with van der Waals surface area (Å²) in [5.74, 6) is 0.326. The summed E-state index contributed by atoms with van der Waals surface area (Å²) in [5.41, 5.74) is -0.928. The molecule has 1 saturated carbocycles. The van der Waals surface area contributed by atoms with Gasteiger partial charge in [0, 0.05) is 12.5 Å². The van der Waals surface area contributed by atoms with Crippen LogP contribution >= 0.6 is 0 Å². The highest BCUT2D eigenvalue weighted by Crippen LogP contribution is 2.29. The van der Waals surface area contributed by atoms with Gasteiger partial charge in [-0.25, -0.2) is 4.79 Å². The van der Waals surface area contributed by atoms with Gasteiger partial charge in [-0.15, -0.1) is 0 Å². The molecular formula is C14H18O4. The zero-order chi connectivity index (χ0) is 13.1. The van der Waals surface area contributed by atoms with E-state index in [1.807, 2.05) is 0 Å². The fourth-order valence-electron chi connectivity index (χ4n) is 2.61. The Labute approximate surface area is 106 Å². The predicted molar refractivity (Wildman–Crippen MR) is 66.9 cm³/mol. The Morgan fingerprint density at radius 3 is 2.72 bits per heavy atom. The Kier molecular flexibility index (Phi) is 3.84. The van der Waals surface area contributed by atoms with Crippen molar-refractivity contribution in [1.82, 2.24) is 0 Å². The van der Waals surface area contributed by atoms with Crippen molar-refractivity contribution in [2.24, 2.45) is 5.92 Å². The molecule has 0 aliphatic heterocycles. The maximum absolute atomic E-state index is 11.9. The average Bonchev–Trinajstić information content (AvgIpc) is 2.77. The van der Waals surface area contributed by atoms with Crippen LogP contribution in [0.15, 0.2) is 15.3 Å². The summed E-state index contributed by atoms with van der Waals surface area (Å²) in [6.45, 7) is 1.56. The van der Waals surface area contributed by atoms with Gasteiger partial charge in [0.25, 0.3) is 0 Å². The molecule has 1 heterocycles. The number of hydrogen-bond acceptors (Lipinski definition) is 4. The van der Waals surface area contributed by atoms with E-state index in [2.05, 4.69) is 0 Å². The van der Waals surface area contributed by atoms with Crippen LogP contribution in [0, 0.1) is 12.8 Å². The van der Waals surface area contributed by atoms with Gasteiger partial charge in [0.1, 0.15) is 17.1 Å². The summed E-state index contributed by atoms with van der Waals surface area (Å²) in [5, 5.41) is 9.65. The lowest BCUT2D eigenvalue weighted by molar-refractivity contribution is 0.0966. The van der Waals surface area contributed by atoms with Gasteiger partial charge in [0.15, 0.2) is 5.78 Å². The van der Waals surface area contributed by atoms with E-state index in [1.165, 1.54) is 31.7 Å². The van der Waals surface area contributed by atoms with Crippen molar-refractivity contribution in [3.8, 4) is 5.75 Å². The monoisotopic (exact) mass is 250 g/mol. The van der Waals surface area contributed by atoms with E-state index in [1.54, 1.807) is 6.92 Å². The maximum atomic E-state index is 11.9. The van der Waals surface area contributed by atoms with E-state index in [4.69, 9.17) is 4.42 Å². The molecule has 1 aromatic rings. The lowest BCUT2D eigenvalue weighted by atomic mass is 9.98. The number of aryl methyl sites for hydroxylation is 1. The fourth-order valence-corrected chi connectivity index (χ4v) is 2.61. The van der Waals surface area contributed by atoms with Gasteiger partial charge >= 0.3 is 5.63 Å². The molecule has 0 amide bonds. The lowest BCUT2D eigenvalue weighted by Crippen LogP contribution is -2.15. The smallest absolute Gasteiger partial charge is 0.350 e. The van der Waals surface area contributed by atoms with Crippen LogP contribution in [0.1, 0.15) is 54.6 Å². The van der Waals surface area contributed by atoms with Crippen molar-refractivity contribution in [2.75, 3.05) is 0 Å². The summed E-state index contributed by atoms with van der Waals surface area (Å²) in [6, 6.07) is 1.31. The molecule has 1 N–H and O–H groups in total. The molecule has 4 heteroatoms. The minimum Gasteiger partial charge on any atom is -0.507 e. The van der Waals surface area contributed by atoms with Gasteiger partial charge in [-0.1, -0.05) is 25.7 Å². The second kappa shape index (κ2) is 5.38. The van der Waals surface area contributed by atoms with Crippen molar-refractivity contribution in [1.29, 1.82) is 0 Å². The lowest BCUT2D eigenvalue weighted by Gasteiger charge is -2.08. The van der Waals surface area contributed by atoms with Gasteiger partial charge in [-0.05, 0) is 19.3 Å². The van der Waals surface area contributed by atoms with Crippen molar-refractivity contribution in [3.63, 3.8) is 0 Å². The molecule has 0 saturated heterocycles. The van der Waals surface area contributed by atoms with Gasteiger partial charge in [0.2, 0.25) is 0 Å². The number of hydrogen-bond donors (Lipinski definition) is 1. The molecule has 1 aromatic heterocycles. The average molecular weight is 250 g/mol. The topological polar surface area (TPSA) is 67.5 Å². The van der Waals surface area contributed by atoms with Crippen molar-refractivity contribution in [3.05, 3.63) is 27.8 Å². The number of rotatable bonds is 4. The highest BCUT2D eigenvalue weighted by molar-refractivity contribution is 5.97. The first-order valence-electron chi connectivity index (χ1n) is 6.45. The third kappa shape index (κ3) is 2.81. The zero-order valence-electron chi connectivity index (χ0n) is 10.6. The molecule has 1 fully saturated rings. The molecule has 0 unspecified atom stereocenters. The maximum Gasteiger partial charge on any atom is 0.350 e. The second-order valence-corrected chi connectivity index (χ2v) is 5.02. The quantitative estimate of drug-likeness (QED) is 0.834. The molecule has 18 heavy (non-hydrogen) atoms. The third-order valence-corrected chi connectivity index (χ3v) is 3.59. The predicted octanol–water partition coefficient (Wildman–Crippen LogP) is 2.81. The van der Waals surface area contributed by atoms with Crippen LogP contribution in [0.3, 0.4) is 0 Å². The first-order chi connectivity index (χ1) is 8.58. The molecule has 0 aromatic carbocycles. The Bertz CT molecular complexity index is 495. The molecular weight excluding hydrogens is 232 g/mol. The molecule has 0 spiro atoms. The molecule has 0 atom stereocenters. The van der Waals surface area contributed by atoms with Crippen molar-refractivity contribution < 1.29 is 14.3 Å². The van der Waals surface area contributed by atoms with Crippen LogP contribution < -0.4 is 5.63 Å². The summed E-state index contributed by atoms with van der Waals surface area (Å²) >= 11 is 0. The van der Waals surface area contributed by atoms with Gasteiger partial charge in [-0.3, -0.25) is 4.79 Å². The largest absolute Gasteiger partial charge is 0.507 e. The Morgan fingerprint density at radius 1 is 1.44 bits per heavy atom. The van der Waals surface area contributed by atoms with Crippen LogP contribution in [0.2, 0.25) is 0 Å². The highest BCUT2D eigenvalue weighted by Gasteiger charge is 2.21. The number of carbonyl (C=O) groups excluding carboxylic acids is 1. The van der Waals surface area contributed by atoms with Crippen LogP contribution in [0.5, 0.6) is 5.75 Å². The summed E-state index contributed by atoms with van der Waals surface area (Å²) in [7, 11) is 0. The van der Waals surface area contributed by atoms with E-state index in [0.29, 0.717) is 18.1 Å². The Balaban J connectivity index is 2.06. The summed E-state index contributed by atoms with van der Waals surface area (Å²) < 4.78 is 4.85. The van der Waals surface area contributed by atoms with E-state index in [9.17, 15) is 14.7 Å². The molecule has 1 aliphatic rings. The van der Waals surface area contributed by atoms with Gasteiger partial charge in [0.05, 0.1) is 0 Å². The molecule has 1 aliphatic carbocycles. The minimum atomic E-state index is -0.732. The third-order valence-electron chi connectivity index (χ3n) is 3.59. The van der Waals surface area contributed by atoms with Crippen molar-refractivity contribution >= 4 is 5.78 Å². The van der Waals surface area contributed by atoms with Gasteiger partial charge in [-0.2, -0.15) is 0 Å². The molecule has 0 bridgehead atoms. The first kappa shape index (κ1) is 12.9. The van der Waals surface area contributed by atoms with Gasteiger partial charge < -0.3 is 9.52 Å². The molecule has 98 valence electrons. The second-order valence-electron chi connectivity index (χ2n) is 5.02. The fraction of sp³-hybridized carbons (Fsp3) is 0.571. The Hall–Kier alpha value is -1.58. The molecule has 2 rings (SSSR count). The number of aromatic hydroxyl groups is 1. The number of carbonyl (C=O) groups is 1. The summed E-state index contributed by atoms with van der Waals surface area (Å²) in [6.07, 6.45) is 5.91. The SMILES string of the molecule is Cc1cc(O)c(C(=O)CCC2CCCC2)c(=O)o1. The van der Waals surface area contributed by atoms with Crippen LogP contribution in [-0.4, -0.2) is 10.9 Å². The van der Waals surface area contributed by atoms with E-state index >= 15 is 0 Å². The zero-order valence-corrected chi connectivity index (χ0v) is 10.6. The van der Waals surface area contributed by atoms with E-state index in [-0.39, 0.29) is 17.1 Å². The minimum absolute atomic E-state index is 0.196. The van der Waals surface area contributed by atoms with Crippen LogP contribution in [-0.2, 0) is 0 Å². The standard InChI is InChI=1S/C14H18O4/c1-9-8-12(16)13(14(17)18-9)11(15)7-6-10-4-2-3-5-10/h8,10,16H,2-7H2,1H3. The highest BCUT2D eigenvalue weighted by atomic mass is 16.4. The number of ketones is 1. The van der Waals surface area contributed by atoms with E-state index < -0.39 is 5.63 Å².